The number of carbonyl (C=O) groups is 1. The maximum Gasteiger partial charge on any atom is 0.423 e. The van der Waals surface area contributed by atoms with E-state index in [1.165, 1.54) is 11.6 Å². The molecule has 1 aromatic heterocycles. The number of rotatable bonds is 8. The van der Waals surface area contributed by atoms with Crippen molar-refractivity contribution in [3.8, 4) is 5.75 Å². The van der Waals surface area contributed by atoms with E-state index >= 15 is 0 Å². The Kier molecular flexibility index (Phi) is 9.02. The smallest absolute Gasteiger partial charge is 0.423 e. The van der Waals surface area contributed by atoms with E-state index < -0.39 is 22.4 Å². The van der Waals surface area contributed by atoms with Crippen molar-refractivity contribution >= 4 is 23.1 Å². The second kappa shape index (κ2) is 12.9. The van der Waals surface area contributed by atoms with E-state index in [1.54, 1.807) is 6.20 Å². The van der Waals surface area contributed by atoms with Gasteiger partial charge in [-0.2, -0.15) is 13.2 Å². The number of nitro groups is 1. The highest BCUT2D eigenvalue weighted by molar-refractivity contribution is 5.79. The number of ether oxygens (including phenoxy) is 1. The van der Waals surface area contributed by atoms with E-state index in [2.05, 4.69) is 15.2 Å². The summed E-state index contributed by atoms with van der Waals surface area (Å²) in [4.78, 5) is 31.3. The largest absolute Gasteiger partial charge is 0.490 e. The van der Waals surface area contributed by atoms with Crippen molar-refractivity contribution in [1.82, 2.24) is 9.88 Å². The highest BCUT2D eigenvalue weighted by Crippen LogP contribution is 2.38. The molecule has 12 heteroatoms. The van der Waals surface area contributed by atoms with Gasteiger partial charge in [0.05, 0.1) is 17.4 Å². The van der Waals surface area contributed by atoms with Crippen molar-refractivity contribution in [2.45, 2.75) is 57.3 Å². The molecule has 3 aromatic rings. The molecule has 1 aliphatic heterocycles. The molecule has 0 bridgehead atoms. The molecular weight excluding hydrogens is 563 g/mol. The second-order valence-corrected chi connectivity index (χ2v) is 11.1. The first-order valence-corrected chi connectivity index (χ1v) is 14.4. The van der Waals surface area contributed by atoms with E-state index in [0.29, 0.717) is 64.0 Å². The standard InChI is InChI=1S/C31H34F3N5O4/c1-21-2-4-22(5-3-21)18-30(40)38-16-14-37(15-17-38)29-20-26(12-13-35-29)43-25-9-6-23(7-10-25)36-24-8-11-28(39(41)42)27(19-24)31(32,33)34/h2-5,8,11-13,19-20,23,25,36H,6-7,9-10,14-18H2,1H3. The number of alkyl halides is 3. The molecule has 1 saturated heterocycles. The Bertz CT molecular complexity index is 1430. The summed E-state index contributed by atoms with van der Waals surface area (Å²) in [6.07, 6.45) is 0.00147. The van der Waals surface area contributed by atoms with Crippen LogP contribution in [0.25, 0.3) is 0 Å². The maximum atomic E-state index is 13.3. The number of aromatic nitrogens is 1. The monoisotopic (exact) mass is 597 g/mol. The average Bonchev–Trinajstić information content (AvgIpc) is 2.99. The summed E-state index contributed by atoms with van der Waals surface area (Å²) < 4.78 is 46.2. The van der Waals surface area contributed by atoms with Gasteiger partial charge in [-0.15, -0.1) is 0 Å². The highest BCUT2D eigenvalue weighted by atomic mass is 19.4. The fraction of sp³-hybridized carbons (Fsp3) is 0.419. The molecule has 0 spiro atoms. The summed E-state index contributed by atoms with van der Waals surface area (Å²) in [5, 5.41) is 14.1. The van der Waals surface area contributed by atoms with Gasteiger partial charge in [0, 0.05) is 56.2 Å². The molecule has 1 N–H and O–H groups in total. The first kappa shape index (κ1) is 30.1. The lowest BCUT2D eigenvalue weighted by Crippen LogP contribution is -2.49. The van der Waals surface area contributed by atoms with Gasteiger partial charge >= 0.3 is 6.18 Å². The van der Waals surface area contributed by atoms with Crippen LogP contribution in [0.4, 0.5) is 30.4 Å². The Morgan fingerprint density at radius 1 is 1.02 bits per heavy atom. The van der Waals surface area contributed by atoms with Crippen LogP contribution in [0.5, 0.6) is 5.75 Å². The molecule has 1 aliphatic carbocycles. The van der Waals surface area contributed by atoms with Crippen LogP contribution in [0, 0.1) is 17.0 Å². The second-order valence-electron chi connectivity index (χ2n) is 11.1. The summed E-state index contributed by atoms with van der Waals surface area (Å²) in [7, 11) is 0. The van der Waals surface area contributed by atoms with Crippen LogP contribution >= 0.6 is 0 Å². The number of halogens is 3. The number of hydrogen-bond donors (Lipinski definition) is 1. The van der Waals surface area contributed by atoms with Crippen molar-refractivity contribution in [3.63, 3.8) is 0 Å². The number of carbonyl (C=O) groups excluding carboxylic acids is 1. The number of piperazine rings is 1. The molecule has 2 aromatic carbocycles. The lowest BCUT2D eigenvalue weighted by molar-refractivity contribution is -0.388. The Balaban J connectivity index is 1.10. The van der Waals surface area contributed by atoms with Gasteiger partial charge in [0.2, 0.25) is 5.91 Å². The number of pyridine rings is 1. The van der Waals surface area contributed by atoms with E-state index in [-0.39, 0.29) is 23.7 Å². The zero-order valence-electron chi connectivity index (χ0n) is 23.8. The van der Waals surface area contributed by atoms with Crippen LogP contribution in [0.15, 0.2) is 60.8 Å². The molecule has 228 valence electrons. The van der Waals surface area contributed by atoms with Gasteiger partial charge in [-0.1, -0.05) is 29.8 Å². The molecule has 1 saturated carbocycles. The third-order valence-electron chi connectivity index (χ3n) is 8.00. The Labute approximate surface area is 247 Å². The van der Waals surface area contributed by atoms with E-state index in [9.17, 15) is 28.1 Å². The zero-order chi connectivity index (χ0) is 30.6. The zero-order valence-corrected chi connectivity index (χ0v) is 23.8. The maximum absolute atomic E-state index is 13.3. The number of nitro benzene ring substituents is 1. The van der Waals surface area contributed by atoms with E-state index in [1.807, 2.05) is 48.2 Å². The SMILES string of the molecule is Cc1ccc(CC(=O)N2CCN(c3cc(OC4CCC(Nc5ccc([N+](=O)[O-])c(C(F)(F)F)c5)CC4)ccn3)CC2)cc1. The number of nitrogens with zero attached hydrogens (tertiary/aromatic N) is 4. The first-order chi connectivity index (χ1) is 20.5. The molecule has 2 heterocycles. The van der Waals surface area contributed by atoms with Gasteiger partial charge in [-0.25, -0.2) is 4.98 Å². The lowest BCUT2D eigenvalue weighted by atomic mass is 9.92. The van der Waals surface area contributed by atoms with Crippen molar-refractivity contribution in [2.75, 3.05) is 36.4 Å². The minimum atomic E-state index is -4.82. The number of amides is 1. The van der Waals surface area contributed by atoms with Gasteiger partial charge in [-0.05, 0) is 56.4 Å². The molecule has 9 nitrogen and oxygen atoms in total. The topological polar surface area (TPSA) is 101 Å². The van der Waals surface area contributed by atoms with Crippen molar-refractivity contribution in [1.29, 1.82) is 0 Å². The number of aryl methyl sites for hydroxylation is 1. The molecule has 1 amide bonds. The highest BCUT2D eigenvalue weighted by Gasteiger charge is 2.38. The van der Waals surface area contributed by atoms with Crippen molar-refractivity contribution in [3.05, 3.63) is 87.6 Å². The van der Waals surface area contributed by atoms with Crippen LogP contribution < -0.4 is 15.0 Å². The average molecular weight is 598 g/mol. The van der Waals surface area contributed by atoms with Crippen LogP contribution in [-0.2, 0) is 17.4 Å². The Morgan fingerprint density at radius 2 is 1.72 bits per heavy atom. The molecule has 0 atom stereocenters. The number of benzene rings is 2. The van der Waals surface area contributed by atoms with Crippen LogP contribution in [-0.4, -0.2) is 59.0 Å². The predicted molar refractivity (Wildman–Crippen MR) is 156 cm³/mol. The van der Waals surface area contributed by atoms with Crippen LogP contribution in [0.2, 0.25) is 0 Å². The molecule has 2 aliphatic rings. The van der Waals surface area contributed by atoms with Crippen LogP contribution in [0.1, 0.15) is 42.4 Å². The summed E-state index contributed by atoms with van der Waals surface area (Å²) >= 11 is 0. The predicted octanol–water partition coefficient (Wildman–Crippen LogP) is 6.01. The minimum Gasteiger partial charge on any atom is -0.490 e. The molecule has 0 unspecified atom stereocenters. The Morgan fingerprint density at radius 3 is 2.37 bits per heavy atom. The molecule has 43 heavy (non-hydrogen) atoms. The van der Waals surface area contributed by atoms with Crippen molar-refractivity contribution in [2.24, 2.45) is 0 Å². The van der Waals surface area contributed by atoms with Gasteiger partial charge < -0.3 is 19.9 Å². The van der Waals surface area contributed by atoms with Gasteiger partial charge in [0.15, 0.2) is 0 Å². The van der Waals surface area contributed by atoms with Crippen molar-refractivity contribution < 1.29 is 27.6 Å². The summed E-state index contributed by atoms with van der Waals surface area (Å²) in [6.45, 7) is 4.60. The fourth-order valence-corrected chi connectivity index (χ4v) is 5.59. The fourth-order valence-electron chi connectivity index (χ4n) is 5.59. The third-order valence-corrected chi connectivity index (χ3v) is 8.00. The summed E-state index contributed by atoms with van der Waals surface area (Å²) in [6, 6.07) is 14.7. The number of anilines is 2. The first-order valence-electron chi connectivity index (χ1n) is 14.4. The van der Waals surface area contributed by atoms with E-state index in [0.717, 1.165) is 23.5 Å². The minimum absolute atomic E-state index is 0.0489. The molecular formula is C31H34F3N5O4. The normalized spacial score (nSPS) is 19.2. The van der Waals surface area contributed by atoms with Crippen LogP contribution in [0.3, 0.4) is 0 Å². The molecule has 0 radical (unpaired) electrons. The number of nitrogens with one attached hydrogen (secondary N) is 1. The summed E-state index contributed by atoms with van der Waals surface area (Å²) in [5.74, 6) is 1.61. The molecule has 2 fully saturated rings. The van der Waals surface area contributed by atoms with E-state index in [4.69, 9.17) is 4.74 Å². The third kappa shape index (κ3) is 7.74. The number of hydrogen-bond acceptors (Lipinski definition) is 7. The van der Waals surface area contributed by atoms with Gasteiger partial charge in [0.25, 0.3) is 5.69 Å². The van der Waals surface area contributed by atoms with Gasteiger partial charge in [0.1, 0.15) is 17.1 Å². The quantitative estimate of drug-likeness (QED) is 0.251. The Hall–Kier alpha value is -4.35. The summed E-state index contributed by atoms with van der Waals surface area (Å²) in [5.41, 5.74) is 0.164. The van der Waals surface area contributed by atoms with Gasteiger partial charge in [-0.3, -0.25) is 14.9 Å². The molecule has 5 rings (SSSR count). The lowest BCUT2D eigenvalue weighted by Gasteiger charge is -2.35.